The Kier molecular flexibility index (Phi) is 65.9. The number of esters is 1. The lowest BCUT2D eigenvalue weighted by Gasteiger charge is -2.20. The maximum atomic E-state index is 12.5. The maximum Gasteiger partial charge on any atom is 0.305 e. The topological polar surface area (TPSA) is 95.9 Å². The molecule has 0 fully saturated rings. The zero-order valence-corrected chi connectivity index (χ0v) is 52.5. The number of aliphatic hydroxyl groups excluding tert-OH is 2. The van der Waals surface area contributed by atoms with E-state index in [1.165, 1.54) is 340 Å². The molecule has 0 spiro atoms. The summed E-state index contributed by atoms with van der Waals surface area (Å²) in [7, 11) is 0. The Bertz CT molecular complexity index is 1160. The normalized spacial score (nSPS) is 12.5. The molecule has 0 rings (SSSR count). The molecule has 0 aromatic carbocycles. The van der Waals surface area contributed by atoms with Gasteiger partial charge in [0, 0.05) is 12.8 Å². The SMILES string of the molecule is CCCCCCCCCCCCCCCCCCC/C=C/C(O)C(CO)NC(=O)CCCCCCCCCCCCCCCCCCCCCCCCCOC(=O)CCCCCCCCCCCCCCCCCCCC. The van der Waals surface area contributed by atoms with Gasteiger partial charge >= 0.3 is 5.97 Å². The van der Waals surface area contributed by atoms with Crippen molar-refractivity contribution in [2.45, 2.75) is 418 Å². The van der Waals surface area contributed by atoms with Gasteiger partial charge in [-0.05, 0) is 32.1 Å². The Morgan fingerprint density at radius 1 is 0.351 bits per heavy atom. The van der Waals surface area contributed by atoms with Gasteiger partial charge in [0.2, 0.25) is 5.91 Å². The number of nitrogens with one attached hydrogen (secondary N) is 1. The van der Waals surface area contributed by atoms with Crippen molar-refractivity contribution >= 4 is 11.9 Å². The molecule has 0 radical (unpaired) electrons. The van der Waals surface area contributed by atoms with Gasteiger partial charge in [0.1, 0.15) is 0 Å². The van der Waals surface area contributed by atoms with Gasteiger partial charge in [-0.15, -0.1) is 0 Å². The standard InChI is InChI=1S/C71H139NO5/c1-3-5-7-9-11-13-15-17-19-21-28-31-35-39-43-47-51-55-59-63-69(74)68(67-73)72-70(75)64-60-56-52-48-44-40-36-32-29-26-24-23-25-27-30-34-38-42-46-50-54-58-62-66-77-71(76)65-61-57-53-49-45-41-37-33-22-20-18-16-14-12-10-8-6-4-2/h59,63,68-69,73-74H,3-58,60-62,64-67H2,1-2H3,(H,72,75)/b63-59+. The van der Waals surface area contributed by atoms with Gasteiger partial charge in [-0.3, -0.25) is 9.59 Å². The van der Waals surface area contributed by atoms with Crippen molar-refractivity contribution in [2.24, 2.45) is 0 Å². The lowest BCUT2D eigenvalue weighted by Crippen LogP contribution is -2.45. The van der Waals surface area contributed by atoms with E-state index in [4.69, 9.17) is 4.74 Å². The minimum atomic E-state index is -0.844. The Labute approximate surface area is 482 Å². The molecule has 0 aromatic heterocycles. The van der Waals surface area contributed by atoms with Crippen LogP contribution in [0.15, 0.2) is 12.2 Å². The van der Waals surface area contributed by atoms with Gasteiger partial charge in [-0.25, -0.2) is 0 Å². The number of aliphatic hydroxyl groups is 2. The van der Waals surface area contributed by atoms with Crippen LogP contribution >= 0.6 is 0 Å². The lowest BCUT2D eigenvalue weighted by atomic mass is 10.0. The molecule has 6 heteroatoms. The second-order valence-electron chi connectivity index (χ2n) is 24.6. The summed E-state index contributed by atoms with van der Waals surface area (Å²) in [6.07, 6.45) is 82.9. The monoisotopic (exact) mass is 1090 g/mol. The summed E-state index contributed by atoms with van der Waals surface area (Å²) in [6.45, 7) is 4.95. The summed E-state index contributed by atoms with van der Waals surface area (Å²) >= 11 is 0. The van der Waals surface area contributed by atoms with Crippen molar-refractivity contribution in [3.8, 4) is 0 Å². The molecule has 0 aromatic rings. The highest BCUT2D eigenvalue weighted by Crippen LogP contribution is 2.19. The molecule has 0 aliphatic rings. The van der Waals surface area contributed by atoms with Crippen LogP contribution in [-0.2, 0) is 14.3 Å². The summed E-state index contributed by atoms with van der Waals surface area (Å²) < 4.78 is 5.51. The van der Waals surface area contributed by atoms with Crippen LogP contribution in [0.3, 0.4) is 0 Å². The number of hydrogen-bond acceptors (Lipinski definition) is 5. The van der Waals surface area contributed by atoms with Crippen LogP contribution in [0, 0.1) is 0 Å². The van der Waals surface area contributed by atoms with Gasteiger partial charge in [0.15, 0.2) is 0 Å². The van der Waals surface area contributed by atoms with E-state index in [0.717, 1.165) is 38.5 Å². The van der Waals surface area contributed by atoms with Gasteiger partial charge in [-0.2, -0.15) is 0 Å². The summed E-state index contributed by atoms with van der Waals surface area (Å²) in [5, 5.41) is 23.2. The highest BCUT2D eigenvalue weighted by molar-refractivity contribution is 5.76. The molecule has 0 saturated heterocycles. The number of carbonyl (C=O) groups excluding carboxylic acids is 2. The fourth-order valence-corrected chi connectivity index (χ4v) is 11.4. The molecule has 6 nitrogen and oxygen atoms in total. The molecule has 0 aliphatic carbocycles. The van der Waals surface area contributed by atoms with Crippen molar-refractivity contribution < 1.29 is 24.5 Å². The highest BCUT2D eigenvalue weighted by Gasteiger charge is 2.18. The summed E-state index contributed by atoms with van der Waals surface area (Å²) in [5.41, 5.74) is 0. The van der Waals surface area contributed by atoms with E-state index in [9.17, 15) is 19.8 Å². The van der Waals surface area contributed by atoms with Crippen LogP contribution < -0.4 is 5.32 Å². The van der Waals surface area contributed by atoms with E-state index >= 15 is 0 Å². The van der Waals surface area contributed by atoms with Gasteiger partial charge in [0.25, 0.3) is 0 Å². The van der Waals surface area contributed by atoms with E-state index in [1.54, 1.807) is 6.08 Å². The second-order valence-corrected chi connectivity index (χ2v) is 24.6. The zero-order valence-electron chi connectivity index (χ0n) is 52.5. The van der Waals surface area contributed by atoms with Gasteiger partial charge in [0.05, 0.1) is 25.4 Å². The molecule has 2 unspecified atom stereocenters. The predicted molar refractivity (Wildman–Crippen MR) is 338 cm³/mol. The van der Waals surface area contributed by atoms with Gasteiger partial charge < -0.3 is 20.3 Å². The van der Waals surface area contributed by atoms with Crippen molar-refractivity contribution in [1.82, 2.24) is 5.32 Å². The third-order valence-corrected chi connectivity index (χ3v) is 16.8. The van der Waals surface area contributed by atoms with E-state index in [-0.39, 0.29) is 18.5 Å². The minimum absolute atomic E-state index is 0.0194. The van der Waals surface area contributed by atoms with Crippen LogP contribution in [0.4, 0.5) is 0 Å². The first-order valence-electron chi connectivity index (χ1n) is 35.5. The lowest BCUT2D eigenvalue weighted by molar-refractivity contribution is -0.143. The summed E-state index contributed by atoms with van der Waals surface area (Å²) in [6, 6.07) is -0.627. The Balaban J connectivity index is 3.37. The maximum absolute atomic E-state index is 12.5. The van der Waals surface area contributed by atoms with Crippen molar-refractivity contribution in [2.75, 3.05) is 13.2 Å². The molecule has 0 aliphatic heterocycles. The quantitative estimate of drug-likeness (QED) is 0.0320. The van der Waals surface area contributed by atoms with Crippen molar-refractivity contribution in [3.05, 3.63) is 12.2 Å². The average molecular weight is 1090 g/mol. The van der Waals surface area contributed by atoms with Crippen LogP contribution in [-0.4, -0.2) is 47.4 Å². The average Bonchev–Trinajstić information content (AvgIpc) is 3.43. The number of allylic oxidation sites excluding steroid dienone is 1. The number of amides is 1. The van der Waals surface area contributed by atoms with E-state index in [2.05, 4.69) is 19.2 Å². The van der Waals surface area contributed by atoms with Crippen molar-refractivity contribution in [3.63, 3.8) is 0 Å². The van der Waals surface area contributed by atoms with E-state index in [0.29, 0.717) is 19.4 Å². The molecule has 3 N–H and O–H groups in total. The second kappa shape index (κ2) is 67.1. The molecule has 0 heterocycles. The largest absolute Gasteiger partial charge is 0.466 e. The number of carbonyl (C=O) groups is 2. The Hall–Kier alpha value is -1.40. The molecule has 458 valence electrons. The Morgan fingerprint density at radius 3 is 0.883 bits per heavy atom. The first-order chi connectivity index (χ1) is 38.0. The zero-order chi connectivity index (χ0) is 55.7. The number of unbranched alkanes of at least 4 members (excludes halogenated alkanes) is 56. The van der Waals surface area contributed by atoms with E-state index < -0.39 is 12.1 Å². The summed E-state index contributed by atoms with van der Waals surface area (Å²) in [5.74, 6) is -0.0437. The molecule has 2 atom stereocenters. The van der Waals surface area contributed by atoms with E-state index in [1.807, 2.05) is 6.08 Å². The Morgan fingerprint density at radius 2 is 0.597 bits per heavy atom. The predicted octanol–water partition coefficient (Wildman–Crippen LogP) is 22.8. The summed E-state index contributed by atoms with van der Waals surface area (Å²) in [4.78, 5) is 24.6. The molecule has 1 amide bonds. The minimum Gasteiger partial charge on any atom is -0.466 e. The third kappa shape index (κ3) is 63.6. The fraction of sp³-hybridized carbons (Fsp3) is 0.944. The van der Waals surface area contributed by atoms with Crippen LogP contribution in [0.25, 0.3) is 0 Å². The molecular weight excluding hydrogens is 947 g/mol. The van der Waals surface area contributed by atoms with Crippen LogP contribution in [0.1, 0.15) is 406 Å². The fourth-order valence-electron chi connectivity index (χ4n) is 11.4. The first-order valence-corrected chi connectivity index (χ1v) is 35.5. The number of ether oxygens (including phenoxy) is 1. The third-order valence-electron chi connectivity index (χ3n) is 16.8. The molecule has 77 heavy (non-hydrogen) atoms. The van der Waals surface area contributed by atoms with Crippen LogP contribution in [0.5, 0.6) is 0 Å². The number of hydrogen-bond donors (Lipinski definition) is 3. The molecule has 0 bridgehead atoms. The van der Waals surface area contributed by atoms with Crippen molar-refractivity contribution in [1.29, 1.82) is 0 Å². The van der Waals surface area contributed by atoms with Gasteiger partial charge in [-0.1, -0.05) is 373 Å². The highest BCUT2D eigenvalue weighted by atomic mass is 16.5. The van der Waals surface area contributed by atoms with Crippen LogP contribution in [0.2, 0.25) is 0 Å². The first kappa shape index (κ1) is 75.6. The number of rotatable bonds is 67. The molecular formula is C71H139NO5. The smallest absolute Gasteiger partial charge is 0.305 e. The molecule has 0 saturated carbocycles.